The summed E-state index contributed by atoms with van der Waals surface area (Å²) in [4.78, 5) is 42.9. The minimum Gasteiger partial charge on any atom is -0.359 e. The molecule has 19 nitrogen and oxygen atoms in total. The number of imidazole rings is 2. The fourth-order valence-electron chi connectivity index (χ4n) is 7.40. The molecule has 2 amide bonds. The Hall–Kier alpha value is -8.81. The highest BCUT2D eigenvalue weighted by Crippen LogP contribution is 2.29. The summed E-state index contributed by atoms with van der Waals surface area (Å²) in [5.74, 6) is 1.72. The van der Waals surface area contributed by atoms with E-state index < -0.39 is 5.82 Å². The Labute approximate surface area is 400 Å². The van der Waals surface area contributed by atoms with Gasteiger partial charge in [-0.3, -0.25) is 27.8 Å². The predicted molar refractivity (Wildman–Crippen MR) is 261 cm³/mol. The van der Waals surface area contributed by atoms with E-state index in [-0.39, 0.29) is 41.0 Å². The molecule has 0 radical (unpaired) electrons. The Morgan fingerprint density at radius 2 is 1.29 bits per heavy atom. The molecular formula is C50H50FN15O4. The Morgan fingerprint density at radius 3 is 1.90 bits per heavy atom. The van der Waals surface area contributed by atoms with E-state index in [1.165, 1.54) is 6.07 Å². The van der Waals surface area contributed by atoms with Crippen LogP contribution in [0.1, 0.15) is 64.2 Å². The number of aromatic nitrogens is 12. The van der Waals surface area contributed by atoms with E-state index in [0.717, 1.165) is 39.5 Å². The molecule has 20 heteroatoms. The third-order valence-electron chi connectivity index (χ3n) is 11.1. The van der Waals surface area contributed by atoms with Crippen LogP contribution in [-0.4, -0.2) is 70.4 Å². The number of anilines is 4. The van der Waals surface area contributed by atoms with Gasteiger partial charge in [-0.15, -0.1) is 0 Å². The minimum absolute atomic E-state index is 0.132. The number of aryl methyl sites for hydroxylation is 2. The van der Waals surface area contributed by atoms with Gasteiger partial charge >= 0.3 is 0 Å². The lowest BCUT2D eigenvalue weighted by molar-refractivity contribution is -0.116. The highest BCUT2D eigenvalue weighted by molar-refractivity contribution is 5.92. The zero-order valence-electron chi connectivity index (χ0n) is 39.8. The number of rotatable bonds is 11. The molecule has 0 spiro atoms. The number of benzene rings is 2. The van der Waals surface area contributed by atoms with Crippen LogP contribution in [0.3, 0.4) is 0 Å². The molecule has 10 rings (SSSR count). The van der Waals surface area contributed by atoms with Crippen molar-refractivity contribution >= 4 is 46.2 Å². The van der Waals surface area contributed by atoms with Crippen molar-refractivity contribution in [3.63, 3.8) is 0 Å². The average Bonchev–Trinajstić information content (AvgIpc) is 4.18. The van der Waals surface area contributed by atoms with Crippen LogP contribution in [0.4, 0.5) is 27.5 Å². The normalized spacial score (nSPS) is 11.7. The molecule has 0 unspecified atom stereocenters. The number of amides is 2. The minimum atomic E-state index is -0.483. The predicted octanol–water partition coefficient (Wildman–Crippen LogP) is 8.74. The van der Waals surface area contributed by atoms with E-state index in [1.807, 2.05) is 115 Å². The lowest BCUT2D eigenvalue weighted by atomic mass is 9.93. The van der Waals surface area contributed by atoms with Crippen LogP contribution in [-0.2, 0) is 47.4 Å². The first-order valence-corrected chi connectivity index (χ1v) is 22.3. The van der Waals surface area contributed by atoms with Gasteiger partial charge in [-0.1, -0.05) is 88.3 Å². The first-order chi connectivity index (χ1) is 33.4. The largest absolute Gasteiger partial charge is 0.359 e. The molecule has 8 heterocycles. The molecular weight excluding hydrogens is 894 g/mol. The van der Waals surface area contributed by atoms with Crippen LogP contribution in [0.25, 0.3) is 45.1 Å². The summed E-state index contributed by atoms with van der Waals surface area (Å²) in [7, 11) is 3.70. The number of nitrogens with zero attached hydrogens (tertiary/aromatic N) is 12. The van der Waals surface area contributed by atoms with Gasteiger partial charge in [0.1, 0.15) is 29.3 Å². The number of nitrogens with one attached hydrogen (secondary N) is 3. The van der Waals surface area contributed by atoms with Crippen LogP contribution >= 0.6 is 0 Å². The van der Waals surface area contributed by atoms with Gasteiger partial charge in [-0.2, -0.15) is 10.2 Å². The molecule has 0 saturated carbocycles. The van der Waals surface area contributed by atoms with Gasteiger partial charge in [0, 0.05) is 84.6 Å². The van der Waals surface area contributed by atoms with E-state index in [0.29, 0.717) is 45.8 Å². The summed E-state index contributed by atoms with van der Waals surface area (Å²) in [6.45, 7) is 12.0. The Morgan fingerprint density at radius 1 is 0.657 bits per heavy atom. The second-order valence-electron chi connectivity index (χ2n) is 18.8. The van der Waals surface area contributed by atoms with Crippen molar-refractivity contribution in [2.45, 2.75) is 65.2 Å². The smallest absolute Gasteiger partial charge is 0.230 e. The standard InChI is InChI=1S/C25H24FN7O2.C25H26N8O2/c1-25(2,3)21-10-22(31-35-21)30-24(34)8-15-5-6-16(7-18(15)26)20-12-27-23-9-19(28-14-33(20)23)17-11-29-32(4)13-17;1-25(2,3)20-12-21(31-35-20)30-22(34)11-16-5-7-17(8-6-16)19-14-27-24-23(26-9-10-33(19)24)29-18-13-28-32(4)15-18/h5-7,9-14H,8H2,1-4H3,(H,30,31,34);5-10,12-15H,11H2,1-4H3,(H,26,29)(H,30,31,34). The summed E-state index contributed by atoms with van der Waals surface area (Å²) in [6, 6.07) is 17.9. The Balaban J connectivity index is 0.000000174. The average molecular weight is 944 g/mol. The second-order valence-corrected chi connectivity index (χ2v) is 18.8. The molecule has 0 aliphatic rings. The van der Waals surface area contributed by atoms with Crippen LogP contribution in [0, 0.1) is 5.82 Å². The van der Waals surface area contributed by atoms with Gasteiger partial charge in [0.15, 0.2) is 23.1 Å². The van der Waals surface area contributed by atoms with Crippen LogP contribution < -0.4 is 16.0 Å². The summed E-state index contributed by atoms with van der Waals surface area (Å²) in [5, 5.41) is 24.9. The number of carbonyl (C=O) groups is 2. The number of fused-ring (bicyclic) bond motifs is 2. The van der Waals surface area contributed by atoms with E-state index in [4.69, 9.17) is 9.05 Å². The van der Waals surface area contributed by atoms with Crippen molar-refractivity contribution < 1.29 is 23.0 Å². The van der Waals surface area contributed by atoms with Crippen molar-refractivity contribution in [2.24, 2.45) is 14.1 Å². The van der Waals surface area contributed by atoms with Gasteiger partial charge in [0.05, 0.1) is 60.4 Å². The third kappa shape index (κ3) is 10.3. The summed E-state index contributed by atoms with van der Waals surface area (Å²) >= 11 is 0. The van der Waals surface area contributed by atoms with E-state index in [1.54, 1.807) is 69.1 Å². The second kappa shape index (κ2) is 18.7. The number of carbonyl (C=O) groups excluding carboxylic acids is 2. The monoisotopic (exact) mass is 943 g/mol. The van der Waals surface area contributed by atoms with Gasteiger partial charge < -0.3 is 25.0 Å². The van der Waals surface area contributed by atoms with Crippen molar-refractivity contribution in [2.75, 3.05) is 16.0 Å². The Kier molecular flexibility index (Phi) is 12.4. The molecule has 0 fully saturated rings. The molecule has 0 aliphatic heterocycles. The quantitative estimate of drug-likeness (QED) is 0.111. The molecule has 0 saturated heterocycles. The number of hydrogen-bond donors (Lipinski definition) is 3. The van der Waals surface area contributed by atoms with Crippen molar-refractivity contribution in [1.29, 1.82) is 0 Å². The molecule has 3 N–H and O–H groups in total. The summed E-state index contributed by atoms with van der Waals surface area (Å²) < 4.78 is 32.7. The first kappa shape index (κ1) is 46.3. The molecule has 0 aliphatic carbocycles. The molecule has 0 atom stereocenters. The van der Waals surface area contributed by atoms with E-state index >= 15 is 0 Å². The molecule has 70 heavy (non-hydrogen) atoms. The first-order valence-electron chi connectivity index (χ1n) is 22.3. The SMILES string of the molecule is Cn1cc(-c2cc3ncc(-c4ccc(CC(=O)Nc5cc(C(C)(C)C)on5)c(F)c4)n3cn2)cn1.Cn1cc(Nc2nccn3c(-c4ccc(CC(=O)Nc5cc(C(C)(C)C)on5)cc4)cnc23)cn1. The molecule has 356 valence electrons. The third-order valence-corrected chi connectivity index (χ3v) is 11.1. The topological polar surface area (TPSA) is 218 Å². The number of hydrogen-bond acceptors (Lipinski definition) is 13. The maximum absolute atomic E-state index is 14.9. The summed E-state index contributed by atoms with van der Waals surface area (Å²) in [6.07, 6.45) is 16.0. The fraction of sp³-hybridized carbons (Fsp3) is 0.240. The van der Waals surface area contributed by atoms with Gasteiger partial charge in [0.25, 0.3) is 0 Å². The van der Waals surface area contributed by atoms with Gasteiger partial charge in [-0.05, 0) is 17.2 Å². The van der Waals surface area contributed by atoms with Crippen LogP contribution in [0.5, 0.6) is 0 Å². The Bertz CT molecular complexity index is 3490. The van der Waals surface area contributed by atoms with Crippen molar-refractivity contribution in [3.8, 4) is 33.8 Å². The van der Waals surface area contributed by atoms with Gasteiger partial charge in [-0.25, -0.2) is 24.3 Å². The maximum atomic E-state index is 14.9. The summed E-state index contributed by atoms with van der Waals surface area (Å²) in [5.41, 5.74) is 7.83. The van der Waals surface area contributed by atoms with Crippen molar-refractivity contribution in [3.05, 3.63) is 145 Å². The van der Waals surface area contributed by atoms with Crippen LogP contribution in [0.15, 0.2) is 126 Å². The van der Waals surface area contributed by atoms with Crippen molar-refractivity contribution in [1.82, 2.24) is 58.6 Å². The molecule has 2 aromatic carbocycles. The van der Waals surface area contributed by atoms with E-state index in [2.05, 4.69) is 56.4 Å². The maximum Gasteiger partial charge on any atom is 0.230 e. The fourth-order valence-corrected chi connectivity index (χ4v) is 7.40. The van der Waals surface area contributed by atoms with E-state index in [9.17, 15) is 14.0 Å². The highest BCUT2D eigenvalue weighted by atomic mass is 19.1. The zero-order chi connectivity index (χ0) is 49.3. The number of halogens is 1. The molecule has 0 bridgehead atoms. The molecule has 10 aromatic rings. The zero-order valence-corrected chi connectivity index (χ0v) is 39.8. The van der Waals surface area contributed by atoms with Crippen LogP contribution in [0.2, 0.25) is 0 Å². The van der Waals surface area contributed by atoms with Gasteiger partial charge in [0.2, 0.25) is 11.8 Å². The molecule has 8 aromatic heterocycles. The lowest BCUT2D eigenvalue weighted by Gasteiger charge is -2.12. The lowest BCUT2D eigenvalue weighted by Crippen LogP contribution is -2.15. The highest BCUT2D eigenvalue weighted by Gasteiger charge is 2.22.